The molecule has 0 saturated heterocycles. The zero-order valence-electron chi connectivity index (χ0n) is 15.5. The lowest BCUT2D eigenvalue weighted by atomic mass is 10.1. The lowest BCUT2D eigenvalue weighted by Crippen LogP contribution is -2.35. The number of nitro groups is 1. The summed E-state index contributed by atoms with van der Waals surface area (Å²) in [6.45, 7) is 3.63. The third-order valence-corrected chi connectivity index (χ3v) is 3.75. The number of carbonyl (C=O) groups is 2. The second kappa shape index (κ2) is 9.81. The number of amides is 2. The zero-order valence-corrected chi connectivity index (χ0v) is 15.5. The fourth-order valence-corrected chi connectivity index (χ4v) is 2.36. The van der Waals surface area contributed by atoms with Gasteiger partial charge in [0.15, 0.2) is 0 Å². The van der Waals surface area contributed by atoms with Gasteiger partial charge in [-0.2, -0.15) is 5.10 Å². The van der Waals surface area contributed by atoms with Crippen molar-refractivity contribution in [3.63, 3.8) is 0 Å². The van der Waals surface area contributed by atoms with Gasteiger partial charge < -0.3 is 10.1 Å². The number of hydrazone groups is 1. The maximum Gasteiger partial charge on any atom is 0.273 e. The summed E-state index contributed by atoms with van der Waals surface area (Å²) >= 11 is 0. The molecule has 0 bridgehead atoms. The van der Waals surface area contributed by atoms with Gasteiger partial charge in [-0.3, -0.25) is 19.7 Å². The van der Waals surface area contributed by atoms with E-state index in [-0.39, 0.29) is 23.4 Å². The van der Waals surface area contributed by atoms with Gasteiger partial charge in [-0.25, -0.2) is 5.43 Å². The van der Waals surface area contributed by atoms with Crippen molar-refractivity contribution >= 4 is 23.7 Å². The number of carbonyl (C=O) groups excluding carboxylic acids is 2. The molecule has 2 aromatic carbocycles. The van der Waals surface area contributed by atoms with E-state index in [1.165, 1.54) is 31.3 Å². The van der Waals surface area contributed by atoms with Crippen molar-refractivity contribution in [2.24, 2.45) is 5.10 Å². The van der Waals surface area contributed by atoms with Crippen molar-refractivity contribution in [1.82, 2.24) is 10.7 Å². The van der Waals surface area contributed by atoms with Crippen LogP contribution in [-0.2, 0) is 4.79 Å². The van der Waals surface area contributed by atoms with E-state index in [2.05, 4.69) is 15.8 Å². The molecule has 0 aliphatic carbocycles. The Bertz CT molecular complexity index is 894. The van der Waals surface area contributed by atoms with Gasteiger partial charge in [-0.15, -0.1) is 0 Å². The maximum atomic E-state index is 12.2. The Balaban J connectivity index is 1.86. The van der Waals surface area contributed by atoms with Gasteiger partial charge in [0, 0.05) is 17.2 Å². The van der Waals surface area contributed by atoms with Crippen LogP contribution in [-0.4, -0.2) is 36.1 Å². The first-order valence-corrected chi connectivity index (χ1v) is 8.49. The smallest absolute Gasteiger partial charge is 0.273 e. The minimum atomic E-state index is -0.577. The molecule has 0 unspecified atom stereocenters. The molecule has 2 aromatic rings. The second-order valence-corrected chi connectivity index (χ2v) is 5.68. The third-order valence-electron chi connectivity index (χ3n) is 3.75. The number of benzene rings is 2. The number of nitrogens with one attached hydrogen (secondary N) is 2. The van der Waals surface area contributed by atoms with Crippen LogP contribution in [0.4, 0.5) is 5.69 Å². The van der Waals surface area contributed by atoms with Crippen molar-refractivity contribution in [3.05, 3.63) is 69.3 Å². The van der Waals surface area contributed by atoms with Crippen LogP contribution in [0.3, 0.4) is 0 Å². The minimum Gasteiger partial charge on any atom is -0.494 e. The first-order chi connectivity index (χ1) is 13.4. The Labute approximate surface area is 161 Å². The molecule has 0 saturated carbocycles. The topological polar surface area (TPSA) is 123 Å². The van der Waals surface area contributed by atoms with E-state index in [9.17, 15) is 19.7 Å². The van der Waals surface area contributed by atoms with E-state index in [0.717, 1.165) is 11.3 Å². The molecule has 0 fully saturated rings. The minimum absolute atomic E-state index is 0.139. The number of nitrogens with zero attached hydrogens (tertiary/aromatic N) is 2. The van der Waals surface area contributed by atoms with Crippen LogP contribution in [0.5, 0.6) is 5.75 Å². The van der Waals surface area contributed by atoms with E-state index in [1.54, 1.807) is 24.3 Å². The highest BCUT2D eigenvalue weighted by Crippen LogP contribution is 2.20. The fraction of sp³-hybridized carbons (Fsp3) is 0.211. The van der Waals surface area contributed by atoms with E-state index in [4.69, 9.17) is 4.74 Å². The van der Waals surface area contributed by atoms with Crippen molar-refractivity contribution in [2.75, 3.05) is 13.2 Å². The molecule has 9 nitrogen and oxygen atoms in total. The summed E-state index contributed by atoms with van der Waals surface area (Å²) in [4.78, 5) is 34.3. The summed E-state index contributed by atoms with van der Waals surface area (Å²) in [5, 5.41) is 17.2. The van der Waals surface area contributed by atoms with Crippen LogP contribution >= 0.6 is 0 Å². The average Bonchev–Trinajstić information content (AvgIpc) is 2.67. The predicted molar refractivity (Wildman–Crippen MR) is 104 cm³/mol. The van der Waals surface area contributed by atoms with E-state index in [0.29, 0.717) is 6.61 Å². The lowest BCUT2D eigenvalue weighted by molar-refractivity contribution is -0.385. The molecule has 9 heteroatoms. The Morgan fingerprint density at radius 2 is 1.93 bits per heavy atom. The molecule has 0 aliphatic rings. The molecule has 0 aromatic heterocycles. The molecule has 2 rings (SSSR count). The van der Waals surface area contributed by atoms with Crippen LogP contribution < -0.4 is 15.5 Å². The van der Waals surface area contributed by atoms with Crippen LogP contribution in [0.15, 0.2) is 47.6 Å². The Kier molecular flexibility index (Phi) is 7.21. The number of hydrogen-bond donors (Lipinski definition) is 2. The highest BCUT2D eigenvalue weighted by Gasteiger charge is 2.18. The second-order valence-electron chi connectivity index (χ2n) is 5.68. The Hall–Kier alpha value is -3.75. The lowest BCUT2D eigenvalue weighted by Gasteiger charge is -2.07. The van der Waals surface area contributed by atoms with Gasteiger partial charge in [-0.1, -0.05) is 6.07 Å². The van der Waals surface area contributed by atoms with Crippen LogP contribution in [0, 0.1) is 17.0 Å². The molecule has 0 heterocycles. The van der Waals surface area contributed by atoms with Gasteiger partial charge in [-0.05, 0) is 49.7 Å². The summed E-state index contributed by atoms with van der Waals surface area (Å²) in [5.41, 5.74) is 3.28. The van der Waals surface area contributed by atoms with Crippen LogP contribution in [0.2, 0.25) is 0 Å². The molecule has 2 amide bonds. The van der Waals surface area contributed by atoms with Crippen LogP contribution in [0.25, 0.3) is 0 Å². The van der Waals surface area contributed by atoms with E-state index in [1.807, 2.05) is 6.92 Å². The van der Waals surface area contributed by atoms with Gasteiger partial charge >= 0.3 is 0 Å². The number of nitro benzene ring substituents is 1. The normalized spacial score (nSPS) is 10.5. The van der Waals surface area contributed by atoms with Gasteiger partial charge in [0.25, 0.3) is 17.5 Å². The molecule has 2 N–H and O–H groups in total. The quantitative estimate of drug-likeness (QED) is 0.410. The van der Waals surface area contributed by atoms with Gasteiger partial charge in [0.05, 0.1) is 24.3 Å². The number of hydrogen-bond acceptors (Lipinski definition) is 6. The van der Waals surface area contributed by atoms with Crippen molar-refractivity contribution in [2.45, 2.75) is 13.8 Å². The average molecular weight is 384 g/mol. The fourth-order valence-electron chi connectivity index (χ4n) is 2.36. The first kappa shape index (κ1) is 20.6. The summed E-state index contributed by atoms with van der Waals surface area (Å²) < 4.78 is 5.33. The summed E-state index contributed by atoms with van der Waals surface area (Å²) in [5.74, 6) is -0.367. The molecular weight excluding hydrogens is 364 g/mol. The number of ether oxygens (including phenoxy) is 1. The molecular formula is C19H20N4O5. The molecule has 28 heavy (non-hydrogen) atoms. The monoisotopic (exact) mass is 384 g/mol. The highest BCUT2D eigenvalue weighted by atomic mass is 16.6. The molecule has 0 atom stereocenters. The number of rotatable bonds is 8. The SMILES string of the molecule is CCOc1ccc(/C=N\NC(=O)CNC(=O)c2cccc([N+](=O)[O-])c2C)cc1. The van der Waals surface area contributed by atoms with Crippen molar-refractivity contribution in [3.8, 4) is 5.75 Å². The Morgan fingerprint density at radius 3 is 2.57 bits per heavy atom. The molecule has 0 spiro atoms. The van der Waals surface area contributed by atoms with Crippen LogP contribution in [0.1, 0.15) is 28.4 Å². The van der Waals surface area contributed by atoms with Crippen molar-refractivity contribution in [1.29, 1.82) is 0 Å². The Morgan fingerprint density at radius 1 is 1.21 bits per heavy atom. The van der Waals surface area contributed by atoms with E-state index < -0.39 is 16.7 Å². The predicted octanol–water partition coefficient (Wildman–Crippen LogP) is 2.18. The largest absolute Gasteiger partial charge is 0.494 e. The highest BCUT2D eigenvalue weighted by molar-refractivity contribution is 5.98. The molecule has 0 aliphatic heterocycles. The zero-order chi connectivity index (χ0) is 20.5. The van der Waals surface area contributed by atoms with Gasteiger partial charge in [0.2, 0.25) is 0 Å². The molecule has 0 radical (unpaired) electrons. The first-order valence-electron chi connectivity index (χ1n) is 8.49. The summed E-state index contributed by atoms with van der Waals surface area (Å²) in [7, 11) is 0. The maximum absolute atomic E-state index is 12.2. The third kappa shape index (κ3) is 5.63. The molecule has 146 valence electrons. The summed E-state index contributed by atoms with van der Waals surface area (Å²) in [6.07, 6.45) is 1.46. The standard InChI is InChI=1S/C19H20N4O5/c1-3-28-15-9-7-14(8-10-15)11-21-22-18(24)12-20-19(25)16-5-4-6-17(13(16)2)23(26)27/h4-11H,3,12H2,1-2H3,(H,20,25)(H,22,24)/b21-11-. The van der Waals surface area contributed by atoms with Gasteiger partial charge in [0.1, 0.15) is 5.75 Å². The summed E-state index contributed by atoms with van der Waals surface area (Å²) in [6, 6.07) is 11.3. The van der Waals surface area contributed by atoms with E-state index >= 15 is 0 Å². The van der Waals surface area contributed by atoms with Crippen molar-refractivity contribution < 1.29 is 19.2 Å².